The van der Waals surface area contributed by atoms with Gasteiger partial charge in [-0.1, -0.05) is 18.2 Å². The van der Waals surface area contributed by atoms with Crippen LogP contribution in [0.25, 0.3) is 0 Å². The Hall–Kier alpha value is -2.41. The molecule has 0 unspecified atom stereocenters. The molecule has 1 aromatic rings. The van der Waals surface area contributed by atoms with Gasteiger partial charge in [0.1, 0.15) is 12.2 Å². The normalized spacial score (nSPS) is 24.2. The van der Waals surface area contributed by atoms with Crippen molar-refractivity contribution in [2.24, 2.45) is 5.41 Å². The highest BCUT2D eigenvalue weighted by molar-refractivity contribution is 5.94. The first-order valence-electron chi connectivity index (χ1n) is 11.5. The van der Waals surface area contributed by atoms with Gasteiger partial charge in [-0.3, -0.25) is 19.3 Å². The standard InChI is InChI=1S/C25H36N2O5/c1-24(2,3)32-21(28)16-26-14-8-12-20(26)17-31-23(30)25(4)13-9-15-27(18-25)22(29)19-10-6-5-7-11-19/h5-7,10-11,20H,8-9,12-18H2,1-4H3/t20-,25+/m0/s1. The summed E-state index contributed by atoms with van der Waals surface area (Å²) in [6, 6.07) is 9.17. The Labute approximate surface area is 191 Å². The lowest BCUT2D eigenvalue weighted by atomic mass is 9.81. The van der Waals surface area contributed by atoms with Crippen molar-refractivity contribution in [3.63, 3.8) is 0 Å². The molecule has 1 aromatic carbocycles. The Morgan fingerprint density at radius 3 is 2.50 bits per heavy atom. The molecule has 0 N–H and O–H groups in total. The first kappa shape index (κ1) is 24.2. The number of amides is 1. The molecule has 2 aliphatic heterocycles. The number of piperidine rings is 1. The maximum atomic E-state index is 13.0. The van der Waals surface area contributed by atoms with Crippen LogP contribution < -0.4 is 0 Å². The smallest absolute Gasteiger partial charge is 0.320 e. The number of rotatable bonds is 6. The van der Waals surface area contributed by atoms with Gasteiger partial charge in [0.2, 0.25) is 0 Å². The summed E-state index contributed by atoms with van der Waals surface area (Å²) in [6.07, 6.45) is 3.29. The molecule has 2 heterocycles. The lowest BCUT2D eigenvalue weighted by molar-refractivity contribution is -0.160. The molecule has 3 rings (SSSR count). The van der Waals surface area contributed by atoms with Crippen molar-refractivity contribution >= 4 is 17.8 Å². The van der Waals surface area contributed by atoms with Crippen LogP contribution in [-0.4, -0.2) is 72.1 Å². The predicted octanol–water partition coefficient (Wildman–Crippen LogP) is 3.28. The summed E-state index contributed by atoms with van der Waals surface area (Å²) in [5, 5.41) is 0. The molecule has 2 aliphatic rings. The van der Waals surface area contributed by atoms with Gasteiger partial charge in [-0.15, -0.1) is 0 Å². The minimum Gasteiger partial charge on any atom is -0.464 e. The van der Waals surface area contributed by atoms with Crippen molar-refractivity contribution in [1.82, 2.24) is 9.80 Å². The average Bonchev–Trinajstić information content (AvgIpc) is 3.17. The van der Waals surface area contributed by atoms with E-state index in [4.69, 9.17) is 9.47 Å². The molecular weight excluding hydrogens is 408 g/mol. The van der Waals surface area contributed by atoms with E-state index in [-0.39, 0.29) is 37.0 Å². The van der Waals surface area contributed by atoms with E-state index in [9.17, 15) is 14.4 Å². The number of benzene rings is 1. The third-order valence-electron chi connectivity index (χ3n) is 6.16. The van der Waals surface area contributed by atoms with E-state index in [1.54, 1.807) is 17.0 Å². The van der Waals surface area contributed by atoms with E-state index in [1.807, 2.05) is 50.8 Å². The van der Waals surface area contributed by atoms with Crippen molar-refractivity contribution in [2.45, 2.75) is 65.0 Å². The summed E-state index contributed by atoms with van der Waals surface area (Å²) >= 11 is 0. The van der Waals surface area contributed by atoms with Crippen LogP contribution >= 0.6 is 0 Å². The lowest BCUT2D eigenvalue weighted by Gasteiger charge is -2.39. The second kappa shape index (κ2) is 10.0. The Morgan fingerprint density at radius 1 is 1.09 bits per heavy atom. The lowest BCUT2D eigenvalue weighted by Crippen LogP contribution is -2.49. The molecule has 2 atom stereocenters. The summed E-state index contributed by atoms with van der Waals surface area (Å²) in [7, 11) is 0. The summed E-state index contributed by atoms with van der Waals surface area (Å²) < 4.78 is 11.2. The second-order valence-electron chi connectivity index (χ2n) is 10.2. The van der Waals surface area contributed by atoms with E-state index < -0.39 is 11.0 Å². The minimum absolute atomic E-state index is 0.0145. The number of hydrogen-bond acceptors (Lipinski definition) is 6. The van der Waals surface area contributed by atoms with E-state index in [2.05, 4.69) is 0 Å². The number of likely N-dealkylation sites (tertiary alicyclic amines) is 2. The van der Waals surface area contributed by atoms with Crippen molar-refractivity contribution in [3.05, 3.63) is 35.9 Å². The van der Waals surface area contributed by atoms with Crippen LogP contribution in [0.1, 0.15) is 63.7 Å². The van der Waals surface area contributed by atoms with Crippen LogP contribution in [0.15, 0.2) is 30.3 Å². The highest BCUT2D eigenvalue weighted by Crippen LogP contribution is 2.32. The van der Waals surface area contributed by atoms with Gasteiger partial charge in [0.15, 0.2) is 0 Å². The summed E-state index contributed by atoms with van der Waals surface area (Å²) in [5.41, 5.74) is -0.608. The predicted molar refractivity (Wildman–Crippen MR) is 121 cm³/mol. The van der Waals surface area contributed by atoms with Crippen molar-refractivity contribution < 1.29 is 23.9 Å². The van der Waals surface area contributed by atoms with Crippen LogP contribution in [0.2, 0.25) is 0 Å². The summed E-state index contributed by atoms with van der Waals surface area (Å²) in [6.45, 7) is 9.68. The third kappa shape index (κ3) is 6.31. The minimum atomic E-state index is -0.725. The maximum Gasteiger partial charge on any atom is 0.320 e. The molecular formula is C25H36N2O5. The van der Waals surface area contributed by atoms with E-state index in [0.717, 1.165) is 25.8 Å². The topological polar surface area (TPSA) is 76.2 Å². The van der Waals surface area contributed by atoms with E-state index >= 15 is 0 Å². The van der Waals surface area contributed by atoms with Crippen molar-refractivity contribution in [1.29, 1.82) is 0 Å². The highest BCUT2D eigenvalue weighted by atomic mass is 16.6. The second-order valence-corrected chi connectivity index (χ2v) is 10.2. The molecule has 1 amide bonds. The van der Waals surface area contributed by atoms with Crippen LogP contribution in [0.5, 0.6) is 0 Å². The maximum absolute atomic E-state index is 13.0. The number of esters is 2. The molecule has 32 heavy (non-hydrogen) atoms. The molecule has 0 bridgehead atoms. The molecule has 0 radical (unpaired) electrons. The summed E-state index contributed by atoms with van der Waals surface area (Å²) in [5.74, 6) is -0.583. The number of nitrogens with zero attached hydrogens (tertiary/aromatic N) is 2. The van der Waals surface area contributed by atoms with Gasteiger partial charge in [0, 0.05) is 24.7 Å². The third-order valence-corrected chi connectivity index (χ3v) is 6.16. The molecule has 0 spiro atoms. The number of ether oxygens (including phenoxy) is 2. The fourth-order valence-corrected chi connectivity index (χ4v) is 4.52. The van der Waals surface area contributed by atoms with Crippen LogP contribution in [-0.2, 0) is 19.1 Å². The van der Waals surface area contributed by atoms with Gasteiger partial charge in [-0.05, 0) is 72.1 Å². The van der Waals surface area contributed by atoms with Crippen LogP contribution in [0, 0.1) is 5.41 Å². The van der Waals surface area contributed by atoms with Gasteiger partial charge in [-0.25, -0.2) is 0 Å². The number of hydrogen-bond donors (Lipinski definition) is 0. The molecule has 176 valence electrons. The molecule has 2 saturated heterocycles. The van der Waals surface area contributed by atoms with Gasteiger partial charge >= 0.3 is 11.9 Å². The first-order valence-corrected chi connectivity index (χ1v) is 11.5. The van der Waals surface area contributed by atoms with E-state index in [1.165, 1.54) is 0 Å². The molecule has 7 heteroatoms. The fourth-order valence-electron chi connectivity index (χ4n) is 4.52. The molecule has 2 fully saturated rings. The Morgan fingerprint density at radius 2 is 1.81 bits per heavy atom. The largest absolute Gasteiger partial charge is 0.464 e. The SMILES string of the molecule is CC(C)(C)OC(=O)CN1CCC[C@H]1COC(=O)[C@]1(C)CCCN(C(=O)c2ccccc2)C1. The first-order chi connectivity index (χ1) is 15.1. The van der Waals surface area contributed by atoms with E-state index in [0.29, 0.717) is 25.1 Å². The zero-order valence-electron chi connectivity index (χ0n) is 19.8. The molecule has 7 nitrogen and oxygen atoms in total. The zero-order chi connectivity index (χ0) is 23.4. The fraction of sp³-hybridized carbons (Fsp3) is 0.640. The number of carbonyl (C=O) groups excluding carboxylic acids is 3. The van der Waals surface area contributed by atoms with Crippen molar-refractivity contribution in [2.75, 3.05) is 32.8 Å². The Kier molecular flexibility index (Phi) is 7.59. The molecule has 0 aromatic heterocycles. The Bertz CT molecular complexity index is 819. The zero-order valence-corrected chi connectivity index (χ0v) is 19.8. The van der Waals surface area contributed by atoms with Gasteiger partial charge in [0.25, 0.3) is 5.91 Å². The van der Waals surface area contributed by atoms with Crippen molar-refractivity contribution in [3.8, 4) is 0 Å². The monoisotopic (exact) mass is 444 g/mol. The summed E-state index contributed by atoms with van der Waals surface area (Å²) in [4.78, 5) is 41.9. The average molecular weight is 445 g/mol. The van der Waals surface area contributed by atoms with Crippen LogP contribution in [0.4, 0.5) is 0 Å². The molecule has 0 saturated carbocycles. The highest BCUT2D eigenvalue weighted by Gasteiger charge is 2.41. The van der Waals surface area contributed by atoms with Gasteiger partial charge < -0.3 is 14.4 Å². The number of carbonyl (C=O) groups is 3. The van der Waals surface area contributed by atoms with Gasteiger partial charge in [-0.2, -0.15) is 0 Å². The van der Waals surface area contributed by atoms with Gasteiger partial charge in [0.05, 0.1) is 12.0 Å². The van der Waals surface area contributed by atoms with Crippen LogP contribution in [0.3, 0.4) is 0 Å². The quantitative estimate of drug-likeness (QED) is 0.627. The molecule has 0 aliphatic carbocycles. The Balaban J connectivity index is 1.54.